The Labute approximate surface area is 119 Å². The largest absolute Gasteiger partial charge is 0.334 e. The standard InChI is InChI=1S/C15H21FN2O2/c1-3-4-5-9-18(12(2)19)11-15(20)17-14-8-6-7-13(16)10-14/h6-8,10H,3-5,9,11H2,1-2H3,(H,17,20). The fraction of sp³-hybridized carbons (Fsp3) is 0.467. The summed E-state index contributed by atoms with van der Waals surface area (Å²) in [6.45, 7) is 4.09. The van der Waals surface area contributed by atoms with Crippen LogP contribution in [0.1, 0.15) is 33.1 Å². The molecule has 4 nitrogen and oxygen atoms in total. The van der Waals surface area contributed by atoms with Crippen molar-refractivity contribution in [2.45, 2.75) is 33.1 Å². The minimum absolute atomic E-state index is 0.00440. The van der Waals surface area contributed by atoms with Gasteiger partial charge in [-0.2, -0.15) is 0 Å². The van der Waals surface area contributed by atoms with Gasteiger partial charge in [0.15, 0.2) is 0 Å². The molecule has 0 unspecified atom stereocenters. The lowest BCUT2D eigenvalue weighted by Crippen LogP contribution is -2.37. The van der Waals surface area contributed by atoms with E-state index in [1.807, 2.05) is 0 Å². The number of nitrogens with one attached hydrogen (secondary N) is 1. The zero-order valence-electron chi connectivity index (χ0n) is 12.0. The molecule has 0 aliphatic carbocycles. The van der Waals surface area contributed by atoms with E-state index in [0.29, 0.717) is 12.2 Å². The summed E-state index contributed by atoms with van der Waals surface area (Å²) in [5.41, 5.74) is 0.395. The molecule has 0 saturated heterocycles. The molecule has 0 aliphatic rings. The number of halogens is 1. The minimum atomic E-state index is -0.408. The van der Waals surface area contributed by atoms with Crippen LogP contribution in [0, 0.1) is 5.82 Å². The third-order valence-electron chi connectivity index (χ3n) is 2.92. The normalized spacial score (nSPS) is 10.2. The van der Waals surface area contributed by atoms with Gasteiger partial charge < -0.3 is 10.2 Å². The molecule has 0 aromatic heterocycles. The van der Waals surface area contributed by atoms with E-state index in [4.69, 9.17) is 0 Å². The summed E-state index contributed by atoms with van der Waals surface area (Å²) in [6, 6.07) is 5.68. The Morgan fingerprint density at radius 2 is 2.05 bits per heavy atom. The van der Waals surface area contributed by atoms with Gasteiger partial charge in [-0.3, -0.25) is 9.59 Å². The first-order valence-electron chi connectivity index (χ1n) is 6.84. The zero-order valence-corrected chi connectivity index (χ0v) is 12.0. The number of benzene rings is 1. The number of unbranched alkanes of at least 4 members (excludes halogenated alkanes) is 2. The summed E-state index contributed by atoms with van der Waals surface area (Å²) < 4.78 is 13.0. The Bertz CT molecular complexity index is 463. The Balaban J connectivity index is 2.51. The second-order valence-corrected chi connectivity index (χ2v) is 4.71. The summed E-state index contributed by atoms with van der Waals surface area (Å²) in [7, 11) is 0. The number of amides is 2. The molecule has 1 aromatic carbocycles. The first-order chi connectivity index (χ1) is 9.52. The molecule has 0 spiro atoms. The highest BCUT2D eigenvalue weighted by Gasteiger charge is 2.13. The summed E-state index contributed by atoms with van der Waals surface area (Å²) >= 11 is 0. The molecule has 20 heavy (non-hydrogen) atoms. The number of nitrogens with zero attached hydrogens (tertiary/aromatic N) is 1. The molecule has 5 heteroatoms. The fourth-order valence-electron chi connectivity index (χ4n) is 1.84. The Hall–Kier alpha value is -1.91. The van der Waals surface area contributed by atoms with E-state index in [2.05, 4.69) is 12.2 Å². The Kier molecular flexibility index (Phi) is 6.70. The van der Waals surface area contributed by atoms with Gasteiger partial charge in [-0.05, 0) is 24.6 Å². The maximum atomic E-state index is 13.0. The summed E-state index contributed by atoms with van der Waals surface area (Å²) in [6.07, 6.45) is 2.96. The molecule has 0 bridgehead atoms. The molecule has 0 radical (unpaired) electrons. The van der Waals surface area contributed by atoms with Gasteiger partial charge in [0, 0.05) is 19.2 Å². The van der Waals surface area contributed by atoms with E-state index >= 15 is 0 Å². The maximum absolute atomic E-state index is 13.0. The lowest BCUT2D eigenvalue weighted by atomic mass is 10.2. The molecular formula is C15H21FN2O2. The first kappa shape index (κ1) is 16.1. The number of anilines is 1. The summed E-state index contributed by atoms with van der Waals surface area (Å²) in [4.78, 5) is 24.8. The first-order valence-corrected chi connectivity index (χ1v) is 6.84. The number of hydrogen-bond acceptors (Lipinski definition) is 2. The monoisotopic (exact) mass is 280 g/mol. The van der Waals surface area contributed by atoms with Crippen molar-refractivity contribution in [2.75, 3.05) is 18.4 Å². The average Bonchev–Trinajstić information content (AvgIpc) is 2.37. The topological polar surface area (TPSA) is 49.4 Å². The van der Waals surface area contributed by atoms with Gasteiger partial charge in [0.05, 0.1) is 6.54 Å². The third-order valence-corrected chi connectivity index (χ3v) is 2.92. The van der Waals surface area contributed by atoms with Gasteiger partial charge in [0.2, 0.25) is 11.8 Å². The van der Waals surface area contributed by atoms with Crippen LogP contribution in [0.5, 0.6) is 0 Å². The van der Waals surface area contributed by atoms with Crippen LogP contribution in [0.3, 0.4) is 0 Å². The van der Waals surface area contributed by atoms with Crippen LogP contribution in [-0.2, 0) is 9.59 Å². The van der Waals surface area contributed by atoms with Crippen LogP contribution < -0.4 is 5.32 Å². The summed E-state index contributed by atoms with van der Waals surface area (Å²) in [5, 5.41) is 2.59. The zero-order chi connectivity index (χ0) is 15.0. The molecule has 1 N–H and O–H groups in total. The Morgan fingerprint density at radius 1 is 1.30 bits per heavy atom. The average molecular weight is 280 g/mol. The van der Waals surface area contributed by atoms with Crippen LogP contribution >= 0.6 is 0 Å². The minimum Gasteiger partial charge on any atom is -0.334 e. The molecule has 110 valence electrons. The number of carbonyl (C=O) groups is 2. The molecule has 0 heterocycles. The van der Waals surface area contributed by atoms with E-state index in [1.54, 1.807) is 6.07 Å². The number of rotatable bonds is 7. The molecule has 0 atom stereocenters. The molecule has 1 rings (SSSR count). The SMILES string of the molecule is CCCCCN(CC(=O)Nc1cccc(F)c1)C(C)=O. The van der Waals surface area contributed by atoms with Gasteiger partial charge in [0.25, 0.3) is 0 Å². The Morgan fingerprint density at radius 3 is 2.65 bits per heavy atom. The van der Waals surface area contributed by atoms with Crippen LogP contribution in [0.2, 0.25) is 0 Å². The van der Waals surface area contributed by atoms with E-state index in [9.17, 15) is 14.0 Å². The van der Waals surface area contributed by atoms with Crippen LogP contribution in [0.4, 0.5) is 10.1 Å². The molecule has 0 saturated carbocycles. The van der Waals surface area contributed by atoms with E-state index in [0.717, 1.165) is 19.3 Å². The van der Waals surface area contributed by atoms with Crippen molar-refractivity contribution in [2.24, 2.45) is 0 Å². The number of hydrogen-bond donors (Lipinski definition) is 1. The number of carbonyl (C=O) groups excluding carboxylic acids is 2. The van der Waals surface area contributed by atoms with Crippen LogP contribution in [0.15, 0.2) is 24.3 Å². The lowest BCUT2D eigenvalue weighted by Gasteiger charge is -2.20. The highest BCUT2D eigenvalue weighted by atomic mass is 19.1. The smallest absolute Gasteiger partial charge is 0.243 e. The maximum Gasteiger partial charge on any atom is 0.243 e. The van der Waals surface area contributed by atoms with Gasteiger partial charge in [0.1, 0.15) is 5.82 Å². The van der Waals surface area contributed by atoms with E-state index < -0.39 is 5.82 Å². The van der Waals surface area contributed by atoms with Crippen molar-refractivity contribution in [1.82, 2.24) is 4.90 Å². The van der Waals surface area contributed by atoms with Gasteiger partial charge in [-0.1, -0.05) is 25.8 Å². The van der Waals surface area contributed by atoms with Crippen LogP contribution in [-0.4, -0.2) is 29.8 Å². The van der Waals surface area contributed by atoms with Crippen molar-refractivity contribution >= 4 is 17.5 Å². The lowest BCUT2D eigenvalue weighted by molar-refractivity contribution is -0.132. The summed E-state index contributed by atoms with van der Waals surface area (Å²) in [5.74, 6) is -0.855. The highest BCUT2D eigenvalue weighted by Crippen LogP contribution is 2.09. The van der Waals surface area contributed by atoms with E-state index in [-0.39, 0.29) is 18.4 Å². The van der Waals surface area contributed by atoms with E-state index in [1.165, 1.54) is 30.0 Å². The van der Waals surface area contributed by atoms with Crippen molar-refractivity contribution in [1.29, 1.82) is 0 Å². The van der Waals surface area contributed by atoms with Crippen molar-refractivity contribution in [3.05, 3.63) is 30.1 Å². The fourth-order valence-corrected chi connectivity index (χ4v) is 1.84. The predicted molar refractivity (Wildman–Crippen MR) is 76.8 cm³/mol. The highest BCUT2D eigenvalue weighted by molar-refractivity contribution is 5.94. The van der Waals surface area contributed by atoms with Crippen molar-refractivity contribution < 1.29 is 14.0 Å². The molecular weight excluding hydrogens is 259 g/mol. The van der Waals surface area contributed by atoms with Crippen molar-refractivity contribution in [3.63, 3.8) is 0 Å². The van der Waals surface area contributed by atoms with Crippen LogP contribution in [0.25, 0.3) is 0 Å². The second kappa shape index (κ2) is 8.30. The van der Waals surface area contributed by atoms with Gasteiger partial charge in [-0.15, -0.1) is 0 Å². The second-order valence-electron chi connectivity index (χ2n) is 4.71. The third kappa shape index (κ3) is 5.82. The molecule has 2 amide bonds. The van der Waals surface area contributed by atoms with Gasteiger partial charge >= 0.3 is 0 Å². The van der Waals surface area contributed by atoms with Crippen molar-refractivity contribution in [3.8, 4) is 0 Å². The molecule has 0 aliphatic heterocycles. The van der Waals surface area contributed by atoms with Gasteiger partial charge in [-0.25, -0.2) is 4.39 Å². The quantitative estimate of drug-likeness (QED) is 0.781. The molecule has 1 aromatic rings. The molecule has 0 fully saturated rings. The predicted octanol–water partition coefficient (Wildman–Crippen LogP) is 2.80.